The van der Waals surface area contributed by atoms with Gasteiger partial charge in [0.2, 0.25) is 5.95 Å². The van der Waals surface area contributed by atoms with Crippen LogP contribution in [0.3, 0.4) is 0 Å². The number of aryl methyl sites for hydroxylation is 1. The fourth-order valence-corrected chi connectivity index (χ4v) is 6.44. The molecule has 8 heteroatoms. The van der Waals surface area contributed by atoms with Gasteiger partial charge in [-0.15, -0.1) is 11.8 Å². The topological polar surface area (TPSA) is 68.1 Å². The molecule has 3 aromatic rings. The van der Waals surface area contributed by atoms with Gasteiger partial charge in [0.05, 0.1) is 35.4 Å². The zero-order chi connectivity index (χ0) is 22.3. The van der Waals surface area contributed by atoms with E-state index in [2.05, 4.69) is 29.3 Å². The van der Waals surface area contributed by atoms with Crippen molar-refractivity contribution in [2.45, 2.75) is 55.1 Å². The third kappa shape index (κ3) is 3.92. The molecule has 1 spiro atoms. The standard InChI is InChI=1S/C24H30N6OS/c1-16-14-30(15-25-16)19-9-8-17(12-20(19)31-4)26-23-27-18-13-24(10-6-5-7-11-24)32-21(18)22(28-23)29(2)3/h8-9,12,14-15H,5-7,10-11,13H2,1-4H3,(H,26,27,28). The van der Waals surface area contributed by atoms with Crippen LogP contribution >= 0.6 is 11.8 Å². The highest BCUT2D eigenvalue weighted by molar-refractivity contribution is 8.01. The first-order chi connectivity index (χ1) is 15.5. The number of hydrogen-bond acceptors (Lipinski definition) is 7. The summed E-state index contributed by atoms with van der Waals surface area (Å²) < 4.78 is 7.94. The average molecular weight is 451 g/mol. The van der Waals surface area contributed by atoms with E-state index in [0.717, 1.165) is 35.1 Å². The number of rotatable bonds is 5. The van der Waals surface area contributed by atoms with E-state index in [-0.39, 0.29) is 0 Å². The van der Waals surface area contributed by atoms with Crippen LogP contribution in [0.5, 0.6) is 5.75 Å². The number of thioether (sulfide) groups is 1. The molecule has 2 aliphatic rings. The molecule has 1 aromatic carbocycles. The molecule has 1 saturated carbocycles. The van der Waals surface area contributed by atoms with Crippen molar-refractivity contribution in [2.24, 2.45) is 0 Å². The second-order valence-electron chi connectivity index (χ2n) is 9.00. The number of imidazole rings is 1. The minimum Gasteiger partial charge on any atom is -0.494 e. The summed E-state index contributed by atoms with van der Waals surface area (Å²) in [6, 6.07) is 6.03. The summed E-state index contributed by atoms with van der Waals surface area (Å²) in [5.41, 5.74) is 3.98. The molecular weight excluding hydrogens is 420 g/mol. The van der Waals surface area contributed by atoms with Crippen molar-refractivity contribution in [3.63, 3.8) is 0 Å². The predicted octanol–water partition coefficient (Wildman–Crippen LogP) is 5.14. The lowest BCUT2D eigenvalue weighted by molar-refractivity contribution is 0.398. The molecule has 0 saturated heterocycles. The molecule has 0 bridgehead atoms. The number of methoxy groups -OCH3 is 1. The molecule has 1 aliphatic heterocycles. The SMILES string of the molecule is COc1cc(Nc2nc3c(c(N(C)C)n2)SC2(CCCCC2)C3)ccc1-n1cnc(C)c1. The lowest BCUT2D eigenvalue weighted by Gasteiger charge is -2.31. The Morgan fingerprint density at radius 1 is 1.16 bits per heavy atom. The summed E-state index contributed by atoms with van der Waals surface area (Å²) in [6.45, 7) is 1.97. The molecule has 1 fully saturated rings. The number of fused-ring (bicyclic) bond motifs is 1. The Kier molecular flexibility index (Phi) is 5.49. The second-order valence-corrected chi connectivity index (χ2v) is 10.5. The smallest absolute Gasteiger partial charge is 0.229 e. The van der Waals surface area contributed by atoms with Gasteiger partial charge >= 0.3 is 0 Å². The van der Waals surface area contributed by atoms with Crippen molar-refractivity contribution in [1.29, 1.82) is 0 Å². The minimum absolute atomic E-state index is 0.312. The maximum Gasteiger partial charge on any atom is 0.229 e. The first-order valence-corrected chi connectivity index (χ1v) is 12.0. The minimum atomic E-state index is 0.312. The molecule has 1 N–H and O–H groups in total. The zero-order valence-electron chi connectivity index (χ0n) is 19.2. The number of ether oxygens (including phenoxy) is 1. The van der Waals surface area contributed by atoms with Gasteiger partial charge in [0, 0.05) is 43.2 Å². The third-order valence-electron chi connectivity index (χ3n) is 6.34. The molecule has 1 aliphatic carbocycles. The van der Waals surface area contributed by atoms with Crippen LogP contribution in [0.4, 0.5) is 17.5 Å². The molecule has 3 heterocycles. The number of nitrogens with one attached hydrogen (secondary N) is 1. The Balaban J connectivity index is 1.45. The van der Waals surface area contributed by atoms with Crippen LogP contribution in [-0.4, -0.2) is 45.5 Å². The summed E-state index contributed by atoms with van der Waals surface area (Å²) in [4.78, 5) is 17.5. The molecule has 2 aromatic heterocycles. The monoisotopic (exact) mass is 450 g/mol. The maximum atomic E-state index is 5.66. The molecule has 7 nitrogen and oxygen atoms in total. The molecular formula is C24H30N6OS. The fourth-order valence-electron chi connectivity index (χ4n) is 4.75. The van der Waals surface area contributed by atoms with Gasteiger partial charge in [-0.2, -0.15) is 4.98 Å². The summed E-state index contributed by atoms with van der Waals surface area (Å²) in [5, 5.41) is 3.42. The van der Waals surface area contributed by atoms with Crippen LogP contribution < -0.4 is 15.0 Å². The van der Waals surface area contributed by atoms with E-state index in [1.807, 2.05) is 47.6 Å². The van der Waals surface area contributed by atoms with E-state index in [9.17, 15) is 0 Å². The van der Waals surface area contributed by atoms with Crippen LogP contribution in [0.2, 0.25) is 0 Å². The van der Waals surface area contributed by atoms with Crippen molar-refractivity contribution in [3.8, 4) is 11.4 Å². The van der Waals surface area contributed by atoms with Gasteiger partial charge in [-0.25, -0.2) is 9.97 Å². The van der Waals surface area contributed by atoms with Crippen molar-refractivity contribution in [3.05, 3.63) is 42.1 Å². The Morgan fingerprint density at radius 2 is 1.97 bits per heavy atom. The van der Waals surface area contributed by atoms with Crippen LogP contribution in [-0.2, 0) is 6.42 Å². The largest absolute Gasteiger partial charge is 0.494 e. The highest BCUT2D eigenvalue weighted by atomic mass is 32.2. The third-order valence-corrected chi connectivity index (χ3v) is 7.95. The van der Waals surface area contributed by atoms with Gasteiger partial charge in [-0.1, -0.05) is 19.3 Å². The highest BCUT2D eigenvalue weighted by Gasteiger charge is 2.42. The quantitative estimate of drug-likeness (QED) is 0.577. The fraction of sp³-hybridized carbons (Fsp3) is 0.458. The second kappa shape index (κ2) is 8.31. The number of anilines is 3. The Bertz CT molecular complexity index is 1140. The van der Waals surface area contributed by atoms with Gasteiger partial charge in [-0.05, 0) is 31.9 Å². The number of nitrogens with zero attached hydrogens (tertiary/aromatic N) is 5. The first kappa shape index (κ1) is 21.1. The van der Waals surface area contributed by atoms with Crippen LogP contribution in [0.15, 0.2) is 35.6 Å². The Hall–Kier alpha value is -2.74. The first-order valence-electron chi connectivity index (χ1n) is 11.2. The molecule has 0 unspecified atom stereocenters. The number of hydrogen-bond donors (Lipinski definition) is 1. The van der Waals surface area contributed by atoms with E-state index in [1.165, 1.54) is 42.7 Å². The van der Waals surface area contributed by atoms with Crippen LogP contribution in [0.25, 0.3) is 5.69 Å². The highest BCUT2D eigenvalue weighted by Crippen LogP contribution is 2.54. The van der Waals surface area contributed by atoms with Crippen LogP contribution in [0.1, 0.15) is 43.5 Å². The number of benzene rings is 1. The van der Waals surface area contributed by atoms with E-state index in [4.69, 9.17) is 14.7 Å². The molecule has 32 heavy (non-hydrogen) atoms. The average Bonchev–Trinajstić information content (AvgIpc) is 3.36. The van der Waals surface area contributed by atoms with Gasteiger partial charge < -0.3 is 19.5 Å². The molecule has 0 amide bonds. The van der Waals surface area contributed by atoms with Crippen molar-refractivity contribution < 1.29 is 4.74 Å². The van der Waals surface area contributed by atoms with E-state index < -0.39 is 0 Å². The molecule has 0 atom stereocenters. The molecule has 5 rings (SSSR count). The normalized spacial score (nSPS) is 16.8. The van der Waals surface area contributed by atoms with Crippen molar-refractivity contribution in [2.75, 3.05) is 31.4 Å². The van der Waals surface area contributed by atoms with Gasteiger partial charge in [0.25, 0.3) is 0 Å². The van der Waals surface area contributed by atoms with Gasteiger partial charge in [0.1, 0.15) is 11.6 Å². The van der Waals surface area contributed by atoms with E-state index in [1.54, 1.807) is 13.4 Å². The summed E-state index contributed by atoms with van der Waals surface area (Å²) >= 11 is 2.01. The van der Waals surface area contributed by atoms with Crippen LogP contribution in [0, 0.1) is 6.92 Å². The van der Waals surface area contributed by atoms with Crippen molar-refractivity contribution >= 4 is 29.2 Å². The Morgan fingerprint density at radius 3 is 2.66 bits per heavy atom. The van der Waals surface area contributed by atoms with E-state index in [0.29, 0.717) is 10.7 Å². The molecule has 0 radical (unpaired) electrons. The van der Waals surface area contributed by atoms with Crippen molar-refractivity contribution in [1.82, 2.24) is 19.5 Å². The predicted molar refractivity (Wildman–Crippen MR) is 130 cm³/mol. The lowest BCUT2D eigenvalue weighted by atomic mass is 9.85. The molecule has 168 valence electrons. The van der Waals surface area contributed by atoms with E-state index >= 15 is 0 Å². The summed E-state index contributed by atoms with van der Waals surface area (Å²) in [5.74, 6) is 2.40. The Labute approximate surface area is 193 Å². The van der Waals surface area contributed by atoms with Gasteiger partial charge in [0.15, 0.2) is 0 Å². The zero-order valence-corrected chi connectivity index (χ0v) is 20.0. The maximum absolute atomic E-state index is 5.66. The van der Waals surface area contributed by atoms with Gasteiger partial charge in [-0.3, -0.25) is 0 Å². The number of aromatic nitrogens is 4. The summed E-state index contributed by atoms with van der Waals surface area (Å²) in [7, 11) is 5.80. The lowest BCUT2D eigenvalue weighted by Crippen LogP contribution is -2.26. The summed E-state index contributed by atoms with van der Waals surface area (Å²) in [6.07, 6.45) is 11.4.